The molecule has 0 amide bonds. The van der Waals surface area contributed by atoms with Crippen LogP contribution in [0.4, 0.5) is 0 Å². The van der Waals surface area contributed by atoms with Crippen LogP contribution in [0.2, 0.25) is 0 Å². The van der Waals surface area contributed by atoms with Crippen molar-refractivity contribution in [1.82, 2.24) is 0 Å². The summed E-state index contributed by atoms with van der Waals surface area (Å²) in [6.07, 6.45) is 2.94. The first-order valence-electron chi connectivity index (χ1n) is 4.41. The second-order valence-electron chi connectivity index (χ2n) is 3.25. The third-order valence-corrected chi connectivity index (χ3v) is 2.14. The predicted molar refractivity (Wildman–Crippen MR) is 54.9 cm³/mol. The lowest BCUT2D eigenvalue weighted by molar-refractivity contribution is 0.490. The van der Waals surface area contributed by atoms with Gasteiger partial charge >= 0.3 is 0 Å². The molecule has 0 spiro atoms. The van der Waals surface area contributed by atoms with Crippen molar-refractivity contribution < 1.29 is 9.59 Å². The molecule has 0 aliphatic heterocycles. The van der Waals surface area contributed by atoms with Gasteiger partial charge in [0.1, 0.15) is 5.54 Å². The average Bonchev–Trinajstić information content (AvgIpc) is 2.28. The van der Waals surface area contributed by atoms with E-state index in [1.54, 1.807) is 6.92 Å². The molecule has 15 heavy (non-hydrogen) atoms. The molecule has 0 fully saturated rings. The van der Waals surface area contributed by atoms with E-state index < -0.39 is 5.54 Å². The van der Waals surface area contributed by atoms with E-state index in [9.17, 15) is 9.59 Å². The quantitative estimate of drug-likeness (QED) is 0.549. The molecule has 1 aromatic carbocycles. The highest BCUT2D eigenvalue weighted by Crippen LogP contribution is 2.24. The van der Waals surface area contributed by atoms with Crippen LogP contribution in [0, 0.1) is 0 Å². The molecule has 0 radical (unpaired) electrons. The van der Waals surface area contributed by atoms with E-state index in [4.69, 9.17) is 0 Å². The summed E-state index contributed by atoms with van der Waals surface area (Å²) in [5.41, 5.74) is -0.0206. The van der Waals surface area contributed by atoms with E-state index >= 15 is 0 Å². The Morgan fingerprint density at radius 2 is 1.87 bits per heavy atom. The summed E-state index contributed by atoms with van der Waals surface area (Å²) in [4.78, 5) is 27.5. The van der Waals surface area contributed by atoms with Gasteiger partial charge in [0, 0.05) is 0 Å². The number of isocyanates is 2. The summed E-state index contributed by atoms with van der Waals surface area (Å²) >= 11 is 0. The first-order valence-corrected chi connectivity index (χ1v) is 4.41. The summed E-state index contributed by atoms with van der Waals surface area (Å²) < 4.78 is 0. The van der Waals surface area contributed by atoms with Crippen molar-refractivity contribution in [1.29, 1.82) is 0 Å². The van der Waals surface area contributed by atoms with Crippen LogP contribution in [-0.4, -0.2) is 18.7 Å². The fourth-order valence-corrected chi connectivity index (χ4v) is 1.28. The number of benzene rings is 1. The van der Waals surface area contributed by atoms with Gasteiger partial charge in [0.25, 0.3) is 0 Å². The second kappa shape index (κ2) is 5.01. The Hall–Kier alpha value is -2.02. The summed E-state index contributed by atoms with van der Waals surface area (Å²) in [5, 5.41) is 0. The highest BCUT2D eigenvalue weighted by molar-refractivity contribution is 5.39. The highest BCUT2D eigenvalue weighted by atomic mass is 16.1. The molecule has 76 valence electrons. The average molecular weight is 202 g/mol. The Morgan fingerprint density at radius 3 is 2.40 bits per heavy atom. The van der Waals surface area contributed by atoms with Gasteiger partial charge in [0.2, 0.25) is 12.2 Å². The van der Waals surface area contributed by atoms with Crippen LogP contribution in [0.5, 0.6) is 0 Å². The Morgan fingerprint density at radius 1 is 1.20 bits per heavy atom. The van der Waals surface area contributed by atoms with Gasteiger partial charge < -0.3 is 0 Å². The molecule has 0 heterocycles. The summed E-state index contributed by atoms with van der Waals surface area (Å²) in [7, 11) is 0. The van der Waals surface area contributed by atoms with Crippen molar-refractivity contribution in [3.05, 3.63) is 35.9 Å². The molecule has 0 aromatic heterocycles. The van der Waals surface area contributed by atoms with Crippen LogP contribution in [0.3, 0.4) is 0 Å². The molecule has 0 N–H and O–H groups in total. The van der Waals surface area contributed by atoms with E-state index in [0.717, 1.165) is 5.56 Å². The van der Waals surface area contributed by atoms with Gasteiger partial charge in [0.05, 0.1) is 6.54 Å². The minimum absolute atomic E-state index is 0.0930. The number of carbonyl (C=O) groups excluding carboxylic acids is 2. The van der Waals surface area contributed by atoms with Crippen LogP contribution in [0.25, 0.3) is 0 Å². The zero-order valence-corrected chi connectivity index (χ0v) is 8.30. The second-order valence-corrected chi connectivity index (χ2v) is 3.25. The molecule has 1 aromatic rings. The van der Waals surface area contributed by atoms with Crippen molar-refractivity contribution in [2.24, 2.45) is 9.98 Å². The molecule has 0 saturated heterocycles. The molecule has 0 aliphatic rings. The normalized spacial score (nSPS) is 13.1. The van der Waals surface area contributed by atoms with E-state index in [2.05, 4.69) is 9.98 Å². The fraction of sp³-hybridized carbons (Fsp3) is 0.273. The zero-order valence-electron chi connectivity index (χ0n) is 8.30. The molecule has 4 nitrogen and oxygen atoms in total. The van der Waals surface area contributed by atoms with E-state index in [1.807, 2.05) is 30.3 Å². The van der Waals surface area contributed by atoms with Crippen molar-refractivity contribution in [3.63, 3.8) is 0 Å². The van der Waals surface area contributed by atoms with Crippen molar-refractivity contribution >= 4 is 12.2 Å². The van der Waals surface area contributed by atoms with Gasteiger partial charge in [-0.25, -0.2) is 14.6 Å². The first-order chi connectivity index (χ1) is 7.23. The Labute approximate surface area is 87.4 Å². The molecule has 1 unspecified atom stereocenters. The third kappa shape index (κ3) is 2.71. The van der Waals surface area contributed by atoms with Crippen molar-refractivity contribution in [3.8, 4) is 0 Å². The summed E-state index contributed by atoms with van der Waals surface area (Å²) in [5.74, 6) is 0. The standard InChI is InChI=1S/C11H10N2O2/c1-11(13-9-15,7-12-8-14)10-5-3-2-4-6-10/h2-6H,7H2,1H3. The van der Waals surface area contributed by atoms with E-state index in [-0.39, 0.29) is 6.54 Å². The Balaban J connectivity index is 3.11. The third-order valence-electron chi connectivity index (χ3n) is 2.14. The highest BCUT2D eigenvalue weighted by Gasteiger charge is 2.25. The smallest absolute Gasteiger partial charge is 0.211 e. The fourth-order valence-electron chi connectivity index (χ4n) is 1.28. The minimum Gasteiger partial charge on any atom is -0.211 e. The van der Waals surface area contributed by atoms with Crippen molar-refractivity contribution in [2.75, 3.05) is 6.54 Å². The Bertz CT molecular complexity index is 417. The maximum Gasteiger partial charge on any atom is 0.235 e. The molecule has 4 heteroatoms. The number of aliphatic imine (C=N–C) groups is 2. The van der Waals surface area contributed by atoms with Gasteiger partial charge in [-0.15, -0.1) is 0 Å². The number of nitrogens with zero attached hydrogens (tertiary/aromatic N) is 2. The predicted octanol–water partition coefficient (Wildman–Crippen LogP) is 1.57. The van der Waals surface area contributed by atoms with Crippen molar-refractivity contribution in [2.45, 2.75) is 12.5 Å². The zero-order chi connectivity index (χ0) is 11.1. The van der Waals surface area contributed by atoms with E-state index in [0.29, 0.717) is 0 Å². The first kappa shape index (κ1) is 11.1. The number of hydrogen-bond donors (Lipinski definition) is 0. The van der Waals surface area contributed by atoms with Crippen LogP contribution < -0.4 is 0 Å². The van der Waals surface area contributed by atoms with Crippen LogP contribution in [0.15, 0.2) is 40.3 Å². The molecule has 0 aliphatic carbocycles. The van der Waals surface area contributed by atoms with Gasteiger partial charge in [-0.1, -0.05) is 30.3 Å². The van der Waals surface area contributed by atoms with Gasteiger partial charge in [-0.2, -0.15) is 4.99 Å². The monoisotopic (exact) mass is 202 g/mol. The van der Waals surface area contributed by atoms with Gasteiger partial charge in [-0.05, 0) is 12.5 Å². The Kier molecular flexibility index (Phi) is 3.69. The molecule has 0 bridgehead atoms. The van der Waals surface area contributed by atoms with Gasteiger partial charge in [-0.3, -0.25) is 0 Å². The molecular formula is C11H10N2O2. The SMILES string of the molecule is CC(CN=C=O)(N=C=O)c1ccccc1. The van der Waals surface area contributed by atoms with Crippen LogP contribution >= 0.6 is 0 Å². The molecular weight excluding hydrogens is 192 g/mol. The van der Waals surface area contributed by atoms with E-state index in [1.165, 1.54) is 12.2 Å². The summed E-state index contributed by atoms with van der Waals surface area (Å²) in [6, 6.07) is 9.16. The molecule has 0 saturated carbocycles. The van der Waals surface area contributed by atoms with Crippen LogP contribution in [0.1, 0.15) is 12.5 Å². The van der Waals surface area contributed by atoms with Gasteiger partial charge in [0.15, 0.2) is 0 Å². The van der Waals surface area contributed by atoms with Crippen LogP contribution in [-0.2, 0) is 15.1 Å². The number of hydrogen-bond acceptors (Lipinski definition) is 4. The molecule has 1 rings (SSSR count). The number of rotatable bonds is 4. The lowest BCUT2D eigenvalue weighted by Gasteiger charge is -2.20. The maximum absolute atomic E-state index is 10.3. The molecule has 1 atom stereocenters. The lowest BCUT2D eigenvalue weighted by atomic mass is 9.93. The minimum atomic E-state index is -0.833. The summed E-state index contributed by atoms with van der Waals surface area (Å²) in [6.45, 7) is 1.81. The maximum atomic E-state index is 10.3. The topological polar surface area (TPSA) is 58.9 Å². The lowest BCUT2D eigenvalue weighted by Crippen LogP contribution is -2.22. The largest absolute Gasteiger partial charge is 0.235 e.